The molecule has 2 N–H and O–H groups in total. The van der Waals surface area contributed by atoms with Crippen LogP contribution in [0, 0.1) is 0 Å². The molecule has 0 atom stereocenters. The minimum Gasteiger partial charge on any atom is -0.324 e. The summed E-state index contributed by atoms with van der Waals surface area (Å²) in [5.41, 5.74) is 3.12. The Kier molecular flexibility index (Phi) is 2.28. The third kappa shape index (κ3) is 1.77. The fourth-order valence-corrected chi connectivity index (χ4v) is 3.11. The molecule has 19 heavy (non-hydrogen) atoms. The van der Waals surface area contributed by atoms with Gasteiger partial charge in [0.25, 0.3) is 0 Å². The monoisotopic (exact) mass is 265 g/mol. The molecule has 0 aliphatic rings. The van der Waals surface area contributed by atoms with Crippen LogP contribution in [0.25, 0.3) is 21.1 Å². The Morgan fingerprint density at radius 2 is 1.84 bits per heavy atom. The summed E-state index contributed by atoms with van der Waals surface area (Å²) < 4.78 is 1.28. The second-order valence-electron chi connectivity index (χ2n) is 4.37. The Hall–Kier alpha value is -2.33. The number of hydrogen-bond acceptors (Lipinski definition) is 3. The maximum Gasteiger partial charge on any atom is 0.205 e. The number of para-hydroxylation sites is 2. The normalized spacial score (nSPS) is 11.2. The van der Waals surface area contributed by atoms with Crippen molar-refractivity contribution in [1.29, 1.82) is 0 Å². The van der Waals surface area contributed by atoms with E-state index in [-0.39, 0.29) is 0 Å². The predicted octanol–water partition coefficient (Wildman–Crippen LogP) is 4.52. The Morgan fingerprint density at radius 1 is 1.00 bits per heavy atom. The third-order valence-corrected chi connectivity index (χ3v) is 4.09. The molecule has 92 valence electrons. The maximum atomic E-state index is 4.53. The lowest BCUT2D eigenvalue weighted by molar-refractivity contribution is 1.32. The van der Waals surface area contributed by atoms with E-state index in [1.165, 1.54) is 10.1 Å². The standard InChI is InChI=1S/C15H11N3S/c1-4-8-14-10(5-1)13(9-19-14)18-15-16-11-6-2-3-7-12(11)17-15/h1-9H,(H2,16,17,18). The molecule has 0 saturated carbocycles. The van der Waals surface area contributed by atoms with Gasteiger partial charge in [-0.15, -0.1) is 11.3 Å². The lowest BCUT2D eigenvalue weighted by Gasteiger charge is -2.00. The van der Waals surface area contributed by atoms with Crippen molar-refractivity contribution in [2.45, 2.75) is 0 Å². The second kappa shape index (κ2) is 4.10. The van der Waals surface area contributed by atoms with Gasteiger partial charge >= 0.3 is 0 Å². The number of hydrogen-bond donors (Lipinski definition) is 2. The number of rotatable bonds is 2. The zero-order valence-electron chi connectivity index (χ0n) is 10.1. The van der Waals surface area contributed by atoms with Crippen molar-refractivity contribution in [3.05, 3.63) is 53.9 Å². The van der Waals surface area contributed by atoms with Gasteiger partial charge in [-0.25, -0.2) is 4.98 Å². The quantitative estimate of drug-likeness (QED) is 0.559. The van der Waals surface area contributed by atoms with E-state index in [0.29, 0.717) is 0 Å². The van der Waals surface area contributed by atoms with Crippen LogP contribution >= 0.6 is 11.3 Å². The first-order chi connectivity index (χ1) is 9.40. The van der Waals surface area contributed by atoms with Crippen molar-refractivity contribution < 1.29 is 0 Å². The molecule has 3 nitrogen and oxygen atoms in total. The molecule has 0 aliphatic heterocycles. The van der Waals surface area contributed by atoms with Gasteiger partial charge in [-0.2, -0.15) is 0 Å². The van der Waals surface area contributed by atoms with Gasteiger partial charge < -0.3 is 10.3 Å². The molecular formula is C15H11N3S. The summed E-state index contributed by atoms with van der Waals surface area (Å²) in [7, 11) is 0. The number of imidazole rings is 1. The number of fused-ring (bicyclic) bond motifs is 2. The van der Waals surface area contributed by atoms with E-state index in [2.05, 4.69) is 44.9 Å². The highest BCUT2D eigenvalue weighted by Crippen LogP contribution is 2.31. The fraction of sp³-hybridized carbons (Fsp3) is 0. The van der Waals surface area contributed by atoms with E-state index >= 15 is 0 Å². The fourth-order valence-electron chi connectivity index (χ4n) is 2.21. The number of nitrogens with one attached hydrogen (secondary N) is 2. The molecule has 0 radical (unpaired) electrons. The van der Waals surface area contributed by atoms with E-state index in [1.807, 2.05) is 24.3 Å². The highest BCUT2D eigenvalue weighted by molar-refractivity contribution is 7.17. The average Bonchev–Trinajstić information content (AvgIpc) is 3.03. The van der Waals surface area contributed by atoms with Crippen LogP contribution in [0.4, 0.5) is 11.6 Å². The Morgan fingerprint density at radius 3 is 2.79 bits per heavy atom. The van der Waals surface area contributed by atoms with Crippen LogP contribution in [0.15, 0.2) is 53.9 Å². The number of H-pyrrole nitrogens is 1. The van der Waals surface area contributed by atoms with Crippen LogP contribution < -0.4 is 5.32 Å². The highest BCUT2D eigenvalue weighted by Gasteiger charge is 2.06. The number of benzene rings is 2. The lowest BCUT2D eigenvalue weighted by Crippen LogP contribution is -1.90. The molecule has 2 aromatic carbocycles. The molecule has 4 rings (SSSR count). The molecule has 4 heteroatoms. The average molecular weight is 265 g/mol. The summed E-state index contributed by atoms with van der Waals surface area (Å²) in [6.07, 6.45) is 0. The molecule has 0 unspecified atom stereocenters. The molecule has 0 aliphatic carbocycles. The van der Waals surface area contributed by atoms with Crippen LogP contribution in [0.3, 0.4) is 0 Å². The molecule has 0 spiro atoms. The minimum atomic E-state index is 0.782. The van der Waals surface area contributed by atoms with Crippen LogP contribution in [0.5, 0.6) is 0 Å². The Labute approximate surface area is 113 Å². The number of nitrogens with zero attached hydrogens (tertiary/aromatic N) is 1. The van der Waals surface area contributed by atoms with Crippen LogP contribution in [-0.2, 0) is 0 Å². The van der Waals surface area contributed by atoms with Crippen molar-refractivity contribution in [3.63, 3.8) is 0 Å². The maximum absolute atomic E-state index is 4.53. The molecule has 0 fully saturated rings. The van der Waals surface area contributed by atoms with Crippen LogP contribution in [0.2, 0.25) is 0 Å². The minimum absolute atomic E-state index is 0.782. The van der Waals surface area contributed by atoms with E-state index in [1.54, 1.807) is 11.3 Å². The van der Waals surface area contributed by atoms with Crippen LogP contribution in [-0.4, -0.2) is 9.97 Å². The molecule has 2 heterocycles. The van der Waals surface area contributed by atoms with Gasteiger partial charge in [-0.1, -0.05) is 30.3 Å². The number of thiophene rings is 1. The van der Waals surface area contributed by atoms with Gasteiger partial charge in [-0.3, -0.25) is 0 Å². The highest BCUT2D eigenvalue weighted by atomic mass is 32.1. The first kappa shape index (κ1) is 10.6. The molecule has 0 saturated heterocycles. The van der Waals surface area contributed by atoms with Crippen LogP contribution in [0.1, 0.15) is 0 Å². The number of aromatic amines is 1. The van der Waals surface area contributed by atoms with Crippen molar-refractivity contribution in [3.8, 4) is 0 Å². The third-order valence-electron chi connectivity index (χ3n) is 3.12. The molecule has 0 bridgehead atoms. The van der Waals surface area contributed by atoms with Gasteiger partial charge in [0, 0.05) is 15.5 Å². The summed E-state index contributed by atoms with van der Waals surface area (Å²) in [6.45, 7) is 0. The summed E-state index contributed by atoms with van der Waals surface area (Å²) in [4.78, 5) is 7.81. The van der Waals surface area contributed by atoms with Crippen molar-refractivity contribution in [2.75, 3.05) is 5.32 Å². The molecule has 2 aromatic heterocycles. The van der Waals surface area contributed by atoms with Gasteiger partial charge in [0.05, 0.1) is 16.7 Å². The van der Waals surface area contributed by atoms with E-state index in [0.717, 1.165) is 22.7 Å². The summed E-state index contributed by atoms with van der Waals surface area (Å²) in [5.74, 6) is 0.782. The molecular weight excluding hydrogens is 254 g/mol. The van der Waals surface area contributed by atoms with Gasteiger partial charge in [0.15, 0.2) is 0 Å². The largest absolute Gasteiger partial charge is 0.324 e. The first-order valence-electron chi connectivity index (χ1n) is 6.08. The summed E-state index contributed by atoms with van der Waals surface area (Å²) in [6, 6.07) is 16.4. The Balaban J connectivity index is 1.78. The zero-order chi connectivity index (χ0) is 12.7. The SMILES string of the molecule is c1ccc2[nH]c(Nc3csc4ccccc34)nc2c1. The van der Waals surface area contributed by atoms with Crippen molar-refractivity contribution in [2.24, 2.45) is 0 Å². The summed E-state index contributed by atoms with van der Waals surface area (Å²) in [5, 5.41) is 6.71. The topological polar surface area (TPSA) is 40.7 Å². The van der Waals surface area contributed by atoms with Gasteiger partial charge in [-0.05, 0) is 18.2 Å². The number of anilines is 2. The number of aromatic nitrogens is 2. The van der Waals surface area contributed by atoms with Gasteiger partial charge in [0.2, 0.25) is 5.95 Å². The predicted molar refractivity (Wildman–Crippen MR) is 81.2 cm³/mol. The summed E-state index contributed by atoms with van der Waals surface area (Å²) >= 11 is 1.74. The lowest BCUT2D eigenvalue weighted by atomic mass is 10.2. The van der Waals surface area contributed by atoms with Crippen molar-refractivity contribution in [1.82, 2.24) is 9.97 Å². The zero-order valence-corrected chi connectivity index (χ0v) is 10.9. The smallest absolute Gasteiger partial charge is 0.205 e. The van der Waals surface area contributed by atoms with Crippen molar-refractivity contribution >= 4 is 44.1 Å². The Bertz CT molecular complexity index is 827. The van der Waals surface area contributed by atoms with E-state index in [4.69, 9.17) is 0 Å². The molecule has 4 aromatic rings. The van der Waals surface area contributed by atoms with E-state index < -0.39 is 0 Å². The first-order valence-corrected chi connectivity index (χ1v) is 6.96. The molecule has 0 amide bonds. The van der Waals surface area contributed by atoms with E-state index in [9.17, 15) is 0 Å². The second-order valence-corrected chi connectivity index (χ2v) is 5.28. The van der Waals surface area contributed by atoms with Gasteiger partial charge in [0.1, 0.15) is 0 Å².